The Bertz CT molecular complexity index is 1580. The van der Waals surface area contributed by atoms with Crippen molar-refractivity contribution in [2.45, 2.75) is 19.1 Å². The van der Waals surface area contributed by atoms with Crippen LogP contribution in [0.25, 0.3) is 22.4 Å². The number of phenols is 1. The molecule has 2 aromatic heterocycles. The quantitative estimate of drug-likeness (QED) is 0.239. The summed E-state index contributed by atoms with van der Waals surface area (Å²) in [7, 11) is 1.72. The highest BCUT2D eigenvalue weighted by atomic mass is 32.2. The molecule has 4 rings (SSSR count). The van der Waals surface area contributed by atoms with E-state index >= 15 is 0 Å². The second-order valence-electron chi connectivity index (χ2n) is 8.43. The van der Waals surface area contributed by atoms with Crippen molar-refractivity contribution in [1.29, 1.82) is 0 Å². The van der Waals surface area contributed by atoms with E-state index in [2.05, 4.69) is 30.8 Å². The van der Waals surface area contributed by atoms with Crippen molar-refractivity contribution in [2.75, 3.05) is 30.0 Å². The van der Waals surface area contributed by atoms with Crippen LogP contribution in [-0.4, -0.2) is 61.9 Å². The van der Waals surface area contributed by atoms with Crippen LogP contribution in [0, 0.1) is 5.82 Å². The van der Waals surface area contributed by atoms with Gasteiger partial charge in [0.2, 0.25) is 0 Å². The lowest BCUT2D eigenvalue weighted by molar-refractivity contribution is -0.127. The average molecular weight is 566 g/mol. The molecule has 0 aliphatic rings. The van der Waals surface area contributed by atoms with Gasteiger partial charge in [0.25, 0.3) is 5.91 Å². The number of benzene rings is 2. The number of phenolic OH excluding ortho intramolecular Hbond substituents is 1. The van der Waals surface area contributed by atoms with E-state index in [4.69, 9.17) is 0 Å². The van der Waals surface area contributed by atoms with E-state index < -0.39 is 46.6 Å². The molecule has 4 N–H and O–H groups in total. The fraction of sp³-hybridized carbons (Fsp3) is 0.250. The minimum Gasteiger partial charge on any atom is -0.505 e. The lowest BCUT2D eigenvalue weighted by Crippen LogP contribution is -2.21. The summed E-state index contributed by atoms with van der Waals surface area (Å²) >= 11 is 0. The van der Waals surface area contributed by atoms with E-state index in [0.717, 1.165) is 0 Å². The first-order chi connectivity index (χ1) is 18.4. The van der Waals surface area contributed by atoms with Crippen LogP contribution in [-0.2, 0) is 24.0 Å². The number of alkyl halides is 3. The van der Waals surface area contributed by atoms with Crippen LogP contribution in [0.3, 0.4) is 0 Å². The number of anilines is 2. The monoisotopic (exact) mass is 565 g/mol. The normalized spacial score (nSPS) is 12.4. The molecule has 15 heteroatoms. The number of amides is 1. The second-order valence-corrected chi connectivity index (χ2v) is 9.82. The summed E-state index contributed by atoms with van der Waals surface area (Å²) < 4.78 is 67.8. The van der Waals surface area contributed by atoms with Crippen LogP contribution in [0.5, 0.6) is 5.75 Å². The molecule has 0 aliphatic carbocycles. The van der Waals surface area contributed by atoms with E-state index in [9.17, 15) is 31.7 Å². The molecule has 0 fully saturated rings. The van der Waals surface area contributed by atoms with Gasteiger partial charge >= 0.3 is 6.18 Å². The van der Waals surface area contributed by atoms with Crippen molar-refractivity contribution >= 4 is 39.4 Å². The SMILES string of the molecule is CNC(=O)c1[nH]nc2nc(-c3cc(F)c(O)cc3CC(F)(F)F)nc(NCc3ccccc3N(C)S(C)=O)c12. The van der Waals surface area contributed by atoms with E-state index in [-0.39, 0.29) is 40.5 Å². The number of aromatic hydroxyl groups is 1. The Kier molecular flexibility index (Phi) is 7.72. The zero-order chi connectivity index (χ0) is 28.5. The molecule has 2 aromatic carbocycles. The fourth-order valence-electron chi connectivity index (χ4n) is 3.92. The highest BCUT2D eigenvalue weighted by Crippen LogP contribution is 2.35. The van der Waals surface area contributed by atoms with Gasteiger partial charge in [0.05, 0.1) is 17.5 Å². The Morgan fingerprint density at radius 3 is 2.56 bits per heavy atom. The molecule has 1 atom stereocenters. The second kappa shape index (κ2) is 10.8. The predicted molar refractivity (Wildman–Crippen MR) is 138 cm³/mol. The maximum atomic E-state index is 14.3. The van der Waals surface area contributed by atoms with Gasteiger partial charge in [-0.2, -0.15) is 18.3 Å². The molecule has 0 aliphatic heterocycles. The number of nitrogens with zero attached hydrogens (tertiary/aromatic N) is 4. The van der Waals surface area contributed by atoms with Gasteiger partial charge in [-0.05, 0) is 29.3 Å². The summed E-state index contributed by atoms with van der Waals surface area (Å²) in [6, 6.07) is 8.46. The van der Waals surface area contributed by atoms with Gasteiger partial charge in [0, 0.05) is 32.5 Å². The molecule has 0 bridgehead atoms. The molecule has 0 saturated carbocycles. The summed E-state index contributed by atoms with van der Waals surface area (Å²) in [5.74, 6) is -2.94. The minimum absolute atomic E-state index is 0.00554. The molecule has 206 valence electrons. The van der Waals surface area contributed by atoms with Gasteiger partial charge in [-0.3, -0.25) is 14.2 Å². The van der Waals surface area contributed by atoms with E-state index in [1.807, 2.05) is 0 Å². The van der Waals surface area contributed by atoms with Crippen molar-refractivity contribution in [3.05, 3.63) is 59.0 Å². The number of halogens is 4. The number of fused-ring (bicyclic) bond motifs is 1. The maximum Gasteiger partial charge on any atom is 0.393 e. The number of aromatic amines is 1. The number of hydrogen-bond donors (Lipinski definition) is 4. The average Bonchev–Trinajstić information content (AvgIpc) is 3.32. The molecule has 2 heterocycles. The zero-order valence-electron chi connectivity index (χ0n) is 20.9. The Balaban J connectivity index is 1.87. The van der Waals surface area contributed by atoms with E-state index in [1.165, 1.54) is 13.3 Å². The largest absolute Gasteiger partial charge is 0.505 e. The molecule has 0 radical (unpaired) electrons. The topological polar surface area (TPSA) is 136 Å². The van der Waals surface area contributed by atoms with Gasteiger partial charge in [-0.1, -0.05) is 18.2 Å². The van der Waals surface area contributed by atoms with Crippen LogP contribution in [0.15, 0.2) is 36.4 Å². The summed E-state index contributed by atoms with van der Waals surface area (Å²) in [4.78, 5) is 21.0. The Morgan fingerprint density at radius 1 is 1.18 bits per heavy atom. The molecule has 1 amide bonds. The molecular weight excluding hydrogens is 542 g/mol. The molecular formula is C24H23F4N7O3S. The first-order valence-corrected chi connectivity index (χ1v) is 12.9. The maximum absolute atomic E-state index is 14.3. The number of nitrogens with one attached hydrogen (secondary N) is 3. The van der Waals surface area contributed by atoms with Gasteiger partial charge in [0.1, 0.15) is 22.5 Å². The first kappa shape index (κ1) is 27.8. The summed E-state index contributed by atoms with van der Waals surface area (Å²) in [5.41, 5.74) is 0.511. The molecule has 4 aromatic rings. The summed E-state index contributed by atoms with van der Waals surface area (Å²) in [6.07, 6.45) is -4.63. The Hall–Kier alpha value is -4.27. The van der Waals surface area contributed by atoms with Crippen LogP contribution in [0.4, 0.5) is 29.1 Å². The molecule has 0 saturated heterocycles. The molecule has 39 heavy (non-hydrogen) atoms. The molecule has 1 unspecified atom stereocenters. The number of carbonyl (C=O) groups is 1. The number of para-hydroxylation sites is 1. The highest BCUT2D eigenvalue weighted by molar-refractivity contribution is 7.85. The van der Waals surface area contributed by atoms with Gasteiger partial charge in [-0.15, -0.1) is 0 Å². The van der Waals surface area contributed by atoms with Gasteiger partial charge in [0.15, 0.2) is 23.0 Å². The number of aromatic nitrogens is 4. The van der Waals surface area contributed by atoms with Crippen molar-refractivity contribution in [1.82, 2.24) is 25.5 Å². The first-order valence-electron chi connectivity index (χ1n) is 11.3. The third-order valence-corrected chi connectivity index (χ3v) is 6.80. The zero-order valence-corrected chi connectivity index (χ0v) is 21.7. The van der Waals surface area contributed by atoms with Crippen LogP contribution < -0.4 is 14.9 Å². The lowest BCUT2D eigenvalue weighted by Gasteiger charge is -2.20. The lowest BCUT2D eigenvalue weighted by atomic mass is 10.0. The third kappa shape index (κ3) is 5.92. The standard InChI is InChI=1S/C24H23F4N7O3S/c1-29-23(37)19-18-21(30-11-12-6-4-5-7-16(12)35(2)39(3)38)31-20(32-22(18)34-33-19)14-9-15(25)17(36)8-13(14)10-24(26,27)28/h4-9,36H,10-11H2,1-3H3,(H,29,37)(H2,30,31,32,33,34). The van der Waals surface area contributed by atoms with Crippen LogP contribution in [0.2, 0.25) is 0 Å². The number of H-pyrrole nitrogens is 1. The summed E-state index contributed by atoms with van der Waals surface area (Å²) in [6.45, 7) is 0.0982. The van der Waals surface area contributed by atoms with Crippen molar-refractivity contribution < 1.29 is 31.7 Å². The number of rotatable bonds is 8. The third-order valence-electron chi connectivity index (χ3n) is 5.83. The Morgan fingerprint density at radius 2 is 1.90 bits per heavy atom. The van der Waals surface area contributed by atoms with Gasteiger partial charge in [-0.25, -0.2) is 18.6 Å². The minimum atomic E-state index is -4.67. The van der Waals surface area contributed by atoms with E-state index in [1.54, 1.807) is 35.6 Å². The van der Waals surface area contributed by atoms with Crippen molar-refractivity contribution in [3.8, 4) is 17.1 Å². The molecule has 10 nitrogen and oxygen atoms in total. The van der Waals surface area contributed by atoms with Crippen molar-refractivity contribution in [3.63, 3.8) is 0 Å². The summed E-state index contributed by atoms with van der Waals surface area (Å²) in [5, 5.41) is 22.0. The highest BCUT2D eigenvalue weighted by Gasteiger charge is 2.31. The van der Waals surface area contributed by atoms with E-state index in [0.29, 0.717) is 23.4 Å². The van der Waals surface area contributed by atoms with Crippen LogP contribution in [0.1, 0.15) is 21.6 Å². The fourth-order valence-corrected chi connectivity index (χ4v) is 4.38. The predicted octanol–water partition coefficient (Wildman–Crippen LogP) is 3.67. The smallest absolute Gasteiger partial charge is 0.393 e. The number of carbonyl (C=O) groups excluding carboxylic acids is 1. The number of hydrogen-bond acceptors (Lipinski definition) is 7. The Labute approximate surface area is 222 Å². The van der Waals surface area contributed by atoms with Crippen LogP contribution >= 0.6 is 0 Å². The van der Waals surface area contributed by atoms with Crippen molar-refractivity contribution in [2.24, 2.45) is 0 Å². The van der Waals surface area contributed by atoms with Gasteiger partial charge < -0.3 is 15.7 Å². The molecule has 0 spiro atoms.